The van der Waals surface area contributed by atoms with Crippen LogP contribution in [0.25, 0.3) is 99.6 Å². The molecule has 0 saturated heterocycles. The van der Waals surface area contributed by atoms with Crippen LogP contribution in [0.1, 0.15) is 22.3 Å². The van der Waals surface area contributed by atoms with Gasteiger partial charge in [0.05, 0.1) is 16.8 Å². The third-order valence-corrected chi connectivity index (χ3v) is 13.7. The maximum absolute atomic E-state index is 5.11. The second-order valence-corrected chi connectivity index (χ2v) is 17.2. The van der Waals surface area contributed by atoms with E-state index >= 15 is 0 Å². The van der Waals surface area contributed by atoms with Gasteiger partial charge in [0.2, 0.25) is 0 Å². The maximum Gasteiger partial charge on any atom is 0.160 e. The summed E-state index contributed by atoms with van der Waals surface area (Å²) in [6.45, 7) is 0. The maximum atomic E-state index is 5.11. The lowest BCUT2D eigenvalue weighted by Gasteiger charge is -2.34. The summed E-state index contributed by atoms with van der Waals surface area (Å²) in [6.07, 6.45) is 0. The molecule has 0 saturated carbocycles. The molecule has 0 unspecified atom stereocenters. The lowest BCUT2D eigenvalue weighted by molar-refractivity contribution is 0.769. The molecular weight excluding hydrogens is 785 g/mol. The Morgan fingerprint density at radius 3 is 1.34 bits per heavy atom. The molecule has 0 N–H and O–H groups in total. The predicted molar refractivity (Wildman–Crippen MR) is 270 cm³/mol. The monoisotopic (exact) mass is 824 g/mol. The van der Waals surface area contributed by atoms with E-state index in [-0.39, 0.29) is 0 Å². The fourth-order valence-electron chi connectivity index (χ4n) is 10.7. The Hall–Kier alpha value is -8.46. The lowest BCUT2D eigenvalue weighted by Crippen LogP contribution is -2.28. The Kier molecular flexibility index (Phi) is 8.47. The van der Waals surface area contributed by atoms with Crippen LogP contribution in [0.5, 0.6) is 0 Å². The summed E-state index contributed by atoms with van der Waals surface area (Å²) < 4.78 is 0. The minimum absolute atomic E-state index is 0.564. The van der Waals surface area contributed by atoms with Gasteiger partial charge in [-0.05, 0) is 106 Å². The molecule has 1 aromatic heterocycles. The molecule has 11 aromatic carbocycles. The van der Waals surface area contributed by atoms with E-state index < -0.39 is 5.41 Å². The Bertz CT molecular complexity index is 3620. The first-order chi connectivity index (χ1) is 32.2. The van der Waals surface area contributed by atoms with Gasteiger partial charge in [0.25, 0.3) is 0 Å². The molecular formula is C63H40N2. The Balaban J connectivity index is 0.967. The topological polar surface area (TPSA) is 25.8 Å². The minimum Gasteiger partial charge on any atom is -0.228 e. The number of fused-ring (bicyclic) bond motifs is 3. The van der Waals surface area contributed by atoms with Gasteiger partial charge in [-0.1, -0.05) is 224 Å². The molecule has 13 rings (SSSR count). The molecule has 2 heteroatoms. The van der Waals surface area contributed by atoms with E-state index in [0.29, 0.717) is 5.82 Å². The van der Waals surface area contributed by atoms with Crippen molar-refractivity contribution in [1.82, 2.24) is 9.97 Å². The van der Waals surface area contributed by atoms with Gasteiger partial charge in [-0.3, -0.25) is 0 Å². The zero-order valence-corrected chi connectivity index (χ0v) is 35.5. The normalized spacial score (nSPS) is 12.7. The molecule has 1 aliphatic carbocycles. The first kappa shape index (κ1) is 37.1. The van der Waals surface area contributed by atoms with Gasteiger partial charge >= 0.3 is 0 Å². The fourth-order valence-corrected chi connectivity index (χ4v) is 10.7. The van der Waals surface area contributed by atoms with Crippen molar-refractivity contribution in [3.8, 4) is 67.3 Å². The van der Waals surface area contributed by atoms with E-state index in [1.807, 2.05) is 24.3 Å². The number of nitrogens with zero attached hydrogens (tertiary/aromatic N) is 2. The average Bonchev–Trinajstić information content (AvgIpc) is 3.68. The van der Waals surface area contributed by atoms with E-state index in [1.165, 1.54) is 82.4 Å². The Morgan fingerprint density at radius 1 is 0.277 bits per heavy atom. The summed E-state index contributed by atoms with van der Waals surface area (Å²) >= 11 is 0. The zero-order chi connectivity index (χ0) is 42.9. The first-order valence-electron chi connectivity index (χ1n) is 22.4. The van der Waals surface area contributed by atoms with Gasteiger partial charge in [0.15, 0.2) is 5.82 Å². The van der Waals surface area contributed by atoms with Crippen LogP contribution in [0.4, 0.5) is 0 Å². The highest BCUT2D eigenvalue weighted by molar-refractivity contribution is 6.25. The molecule has 302 valence electrons. The first-order valence-corrected chi connectivity index (χ1v) is 22.4. The molecule has 0 aliphatic heterocycles. The zero-order valence-electron chi connectivity index (χ0n) is 35.5. The third-order valence-electron chi connectivity index (χ3n) is 13.7. The van der Waals surface area contributed by atoms with Crippen molar-refractivity contribution < 1.29 is 0 Å². The van der Waals surface area contributed by atoms with Gasteiger partial charge in [-0.25, -0.2) is 9.97 Å². The predicted octanol–water partition coefficient (Wildman–Crippen LogP) is 16.1. The fraction of sp³-hybridized carbons (Fsp3) is 0.0159. The summed E-state index contributed by atoms with van der Waals surface area (Å²) in [5, 5.41) is 7.80. The number of hydrogen-bond donors (Lipinski definition) is 0. The molecule has 1 aliphatic rings. The van der Waals surface area contributed by atoms with Crippen molar-refractivity contribution >= 4 is 32.3 Å². The summed E-state index contributed by atoms with van der Waals surface area (Å²) in [5.74, 6) is 0.713. The Labute approximate surface area is 378 Å². The summed E-state index contributed by atoms with van der Waals surface area (Å²) in [6, 6.07) is 88.5. The summed E-state index contributed by atoms with van der Waals surface area (Å²) in [5.41, 5.74) is 16.7. The van der Waals surface area contributed by atoms with Crippen LogP contribution in [-0.2, 0) is 5.41 Å². The van der Waals surface area contributed by atoms with E-state index in [2.05, 4.69) is 218 Å². The standard InChI is InChI=1S/C63H40N2/c1-5-14-42(15-6-1)58-40-59(65-62(64-58)47-16-7-2-8-17-47)43-26-24-41(25-27-43)48-32-35-53-54-36-33-49(52-34-30-46-29-28-44-18-13-19-45-31-37-55(52)61(46)60(44)45)39-57(54)63(56(53)38-48,50-20-9-3-10-21-50)51-22-11-4-12-23-51/h1-40H. The van der Waals surface area contributed by atoms with E-state index in [4.69, 9.17) is 9.97 Å². The molecule has 0 spiro atoms. The molecule has 0 radical (unpaired) electrons. The lowest BCUT2D eigenvalue weighted by atomic mass is 9.67. The van der Waals surface area contributed by atoms with Crippen LogP contribution in [0.3, 0.4) is 0 Å². The largest absolute Gasteiger partial charge is 0.228 e. The minimum atomic E-state index is -0.564. The highest BCUT2D eigenvalue weighted by atomic mass is 14.9. The van der Waals surface area contributed by atoms with Crippen LogP contribution < -0.4 is 0 Å². The Morgan fingerprint density at radius 2 is 0.723 bits per heavy atom. The van der Waals surface area contributed by atoms with Crippen LogP contribution in [-0.4, -0.2) is 9.97 Å². The van der Waals surface area contributed by atoms with Crippen molar-refractivity contribution in [2.24, 2.45) is 0 Å². The number of aromatic nitrogens is 2. The molecule has 0 amide bonds. The summed E-state index contributed by atoms with van der Waals surface area (Å²) in [7, 11) is 0. The van der Waals surface area contributed by atoms with Gasteiger partial charge in [-0.15, -0.1) is 0 Å². The molecule has 0 fully saturated rings. The second kappa shape index (κ2) is 14.8. The van der Waals surface area contributed by atoms with Crippen molar-refractivity contribution in [3.05, 3.63) is 265 Å². The quantitative estimate of drug-likeness (QED) is 0.150. The molecule has 0 bridgehead atoms. The van der Waals surface area contributed by atoms with E-state index in [0.717, 1.165) is 33.6 Å². The highest BCUT2D eigenvalue weighted by Gasteiger charge is 2.46. The van der Waals surface area contributed by atoms with Crippen LogP contribution in [0.2, 0.25) is 0 Å². The second-order valence-electron chi connectivity index (χ2n) is 17.2. The van der Waals surface area contributed by atoms with Crippen molar-refractivity contribution in [3.63, 3.8) is 0 Å². The van der Waals surface area contributed by atoms with E-state index in [9.17, 15) is 0 Å². The molecule has 2 nitrogen and oxygen atoms in total. The molecule has 12 aromatic rings. The van der Waals surface area contributed by atoms with Crippen molar-refractivity contribution in [2.45, 2.75) is 5.41 Å². The molecule has 1 heterocycles. The SMILES string of the molecule is c1ccc(-c2cc(-c3ccc(-c4ccc5c(c4)C(c4ccccc4)(c4ccccc4)c4cc(-c6ccc7ccc8cccc9ccc6c7c89)ccc4-5)cc3)nc(-c3ccccc3)n2)cc1. The van der Waals surface area contributed by atoms with Crippen molar-refractivity contribution in [1.29, 1.82) is 0 Å². The highest BCUT2D eigenvalue weighted by Crippen LogP contribution is 2.58. The number of rotatable bonds is 7. The van der Waals surface area contributed by atoms with Crippen LogP contribution in [0.15, 0.2) is 243 Å². The van der Waals surface area contributed by atoms with Crippen LogP contribution in [0, 0.1) is 0 Å². The summed E-state index contributed by atoms with van der Waals surface area (Å²) in [4.78, 5) is 10.1. The van der Waals surface area contributed by atoms with E-state index in [1.54, 1.807) is 0 Å². The average molecular weight is 825 g/mol. The third kappa shape index (κ3) is 5.88. The van der Waals surface area contributed by atoms with Gasteiger partial charge < -0.3 is 0 Å². The van der Waals surface area contributed by atoms with Crippen LogP contribution >= 0.6 is 0 Å². The van der Waals surface area contributed by atoms with Gasteiger partial charge in [0.1, 0.15) is 0 Å². The van der Waals surface area contributed by atoms with Gasteiger partial charge in [-0.2, -0.15) is 0 Å². The molecule has 0 atom stereocenters. The number of benzene rings is 11. The molecule has 65 heavy (non-hydrogen) atoms. The smallest absolute Gasteiger partial charge is 0.160 e. The number of hydrogen-bond acceptors (Lipinski definition) is 2. The van der Waals surface area contributed by atoms with Crippen molar-refractivity contribution in [2.75, 3.05) is 0 Å². The van der Waals surface area contributed by atoms with Gasteiger partial charge in [0, 0.05) is 16.7 Å².